The number of amides is 2. The normalized spacial score (nSPS) is 11.2. The van der Waals surface area contributed by atoms with Gasteiger partial charge in [0.15, 0.2) is 6.61 Å². The van der Waals surface area contributed by atoms with Gasteiger partial charge in [-0.2, -0.15) is 0 Å². The smallest absolute Gasteiger partial charge is 0.311 e. The molecule has 172 valence electrons. The fraction of sp³-hybridized carbons (Fsp3) is 0.364. The molecule has 0 saturated carbocycles. The highest BCUT2D eigenvalue weighted by Gasteiger charge is 2.28. The fourth-order valence-electron chi connectivity index (χ4n) is 3.14. The second kappa shape index (κ2) is 11.5. The van der Waals surface area contributed by atoms with E-state index in [4.69, 9.17) is 14.2 Å². The summed E-state index contributed by atoms with van der Waals surface area (Å²) < 4.78 is 15.7. The number of rotatable bonds is 11. The quantitative estimate of drug-likeness (QED) is 0.417. The fourth-order valence-corrected chi connectivity index (χ4v) is 3.14. The van der Waals surface area contributed by atoms with Gasteiger partial charge in [0.25, 0.3) is 5.91 Å². The molecule has 10 heteroatoms. The third kappa shape index (κ3) is 6.10. The van der Waals surface area contributed by atoms with Crippen molar-refractivity contribution in [3.8, 4) is 17.2 Å². The zero-order valence-electron chi connectivity index (χ0n) is 18.5. The molecule has 1 N–H and O–H groups in total. The molecule has 1 unspecified atom stereocenters. The number of likely N-dealkylation sites (N-methyl/N-ethyl adjacent to an activating group) is 1. The highest BCUT2D eigenvalue weighted by atomic mass is 16.6. The van der Waals surface area contributed by atoms with Gasteiger partial charge < -0.3 is 24.4 Å². The predicted molar refractivity (Wildman–Crippen MR) is 117 cm³/mol. The van der Waals surface area contributed by atoms with E-state index in [-0.39, 0.29) is 36.2 Å². The highest BCUT2D eigenvalue weighted by molar-refractivity contribution is 5.88. The van der Waals surface area contributed by atoms with Gasteiger partial charge in [0, 0.05) is 25.7 Å². The minimum absolute atomic E-state index is 0.0202. The Hall–Kier alpha value is -3.82. The van der Waals surface area contributed by atoms with Crippen LogP contribution in [0.1, 0.15) is 18.9 Å². The minimum Gasteiger partial charge on any atom is -0.497 e. The van der Waals surface area contributed by atoms with Gasteiger partial charge in [0.05, 0.1) is 19.1 Å². The number of carbonyl (C=O) groups excluding carboxylic acids is 2. The van der Waals surface area contributed by atoms with E-state index < -0.39 is 16.9 Å². The van der Waals surface area contributed by atoms with Gasteiger partial charge in [-0.3, -0.25) is 19.7 Å². The van der Waals surface area contributed by atoms with Gasteiger partial charge in [-0.15, -0.1) is 0 Å². The molecule has 1 atom stereocenters. The Kier molecular flexibility index (Phi) is 8.82. The molecule has 32 heavy (non-hydrogen) atoms. The summed E-state index contributed by atoms with van der Waals surface area (Å²) in [4.78, 5) is 37.4. The average Bonchev–Trinajstić information content (AvgIpc) is 2.82. The molecule has 0 bridgehead atoms. The molecule has 0 aliphatic heterocycles. The maximum Gasteiger partial charge on any atom is 0.311 e. The number of hydrogen-bond donors (Lipinski definition) is 1. The lowest BCUT2D eigenvalue weighted by atomic mass is 10.1. The number of carbonyl (C=O) groups is 2. The van der Waals surface area contributed by atoms with Crippen LogP contribution in [-0.4, -0.2) is 55.6 Å². The van der Waals surface area contributed by atoms with Crippen LogP contribution in [0.3, 0.4) is 0 Å². The summed E-state index contributed by atoms with van der Waals surface area (Å²) in [6.07, 6.45) is 0.410. The van der Waals surface area contributed by atoms with E-state index in [2.05, 4.69) is 5.32 Å². The van der Waals surface area contributed by atoms with E-state index in [0.717, 1.165) is 5.56 Å². The molecule has 0 saturated heterocycles. The van der Waals surface area contributed by atoms with Crippen LogP contribution in [0.15, 0.2) is 42.5 Å². The van der Waals surface area contributed by atoms with Gasteiger partial charge in [-0.05, 0) is 30.2 Å². The van der Waals surface area contributed by atoms with E-state index >= 15 is 0 Å². The second-order valence-electron chi connectivity index (χ2n) is 6.79. The van der Waals surface area contributed by atoms with Gasteiger partial charge >= 0.3 is 5.69 Å². The standard InChI is InChI=1S/C22H27N3O7/c1-5-18(22(27)23-2)24(13-15-6-8-16(30-3)9-7-15)21(26)14-32-17-10-11-19(25(28)29)20(12-17)31-4/h6-12,18H,5,13-14H2,1-4H3,(H,23,27). The summed E-state index contributed by atoms with van der Waals surface area (Å²) in [5, 5.41) is 13.6. The zero-order valence-corrected chi connectivity index (χ0v) is 18.5. The predicted octanol–water partition coefficient (Wildman–Crippen LogP) is 2.54. The van der Waals surface area contributed by atoms with E-state index in [9.17, 15) is 19.7 Å². The molecular formula is C22H27N3O7. The maximum atomic E-state index is 13.1. The van der Waals surface area contributed by atoms with Crippen molar-refractivity contribution in [2.75, 3.05) is 27.9 Å². The zero-order chi connectivity index (χ0) is 23.7. The first-order chi connectivity index (χ1) is 15.3. The number of nitrogens with zero attached hydrogens (tertiary/aromatic N) is 2. The first-order valence-electron chi connectivity index (χ1n) is 9.93. The molecule has 2 amide bonds. The molecule has 2 rings (SSSR count). The lowest BCUT2D eigenvalue weighted by Gasteiger charge is -2.30. The molecule has 0 aliphatic rings. The Balaban J connectivity index is 2.21. The van der Waals surface area contributed by atoms with Crippen LogP contribution in [0, 0.1) is 10.1 Å². The lowest BCUT2D eigenvalue weighted by Crippen LogP contribution is -2.49. The Morgan fingerprint density at radius 2 is 1.75 bits per heavy atom. The second-order valence-corrected chi connectivity index (χ2v) is 6.79. The van der Waals surface area contributed by atoms with Crippen molar-refractivity contribution in [1.82, 2.24) is 10.2 Å². The number of benzene rings is 2. The van der Waals surface area contributed by atoms with Crippen LogP contribution in [-0.2, 0) is 16.1 Å². The SMILES string of the molecule is CCC(C(=O)NC)N(Cc1ccc(OC)cc1)C(=O)COc1ccc([N+](=O)[O-])c(OC)c1. The third-order valence-electron chi connectivity index (χ3n) is 4.85. The van der Waals surface area contributed by atoms with E-state index in [1.165, 1.54) is 37.3 Å². The Morgan fingerprint density at radius 1 is 1.09 bits per heavy atom. The van der Waals surface area contributed by atoms with Crippen molar-refractivity contribution < 1.29 is 28.7 Å². The van der Waals surface area contributed by atoms with Crippen molar-refractivity contribution in [3.05, 3.63) is 58.1 Å². The number of hydrogen-bond acceptors (Lipinski definition) is 7. The molecule has 0 aromatic heterocycles. The van der Waals surface area contributed by atoms with Gasteiger partial charge in [0.2, 0.25) is 11.7 Å². The van der Waals surface area contributed by atoms with Crippen molar-refractivity contribution in [1.29, 1.82) is 0 Å². The van der Waals surface area contributed by atoms with E-state index in [1.807, 2.05) is 19.1 Å². The molecular weight excluding hydrogens is 418 g/mol. The molecule has 2 aromatic rings. The summed E-state index contributed by atoms with van der Waals surface area (Å²) >= 11 is 0. The molecule has 0 heterocycles. The number of nitro groups is 1. The van der Waals surface area contributed by atoms with Crippen LogP contribution < -0.4 is 19.5 Å². The Morgan fingerprint density at radius 3 is 2.28 bits per heavy atom. The van der Waals surface area contributed by atoms with E-state index in [1.54, 1.807) is 19.2 Å². The average molecular weight is 445 g/mol. The van der Waals surface area contributed by atoms with Crippen molar-refractivity contribution in [2.45, 2.75) is 25.9 Å². The van der Waals surface area contributed by atoms with Crippen LogP contribution in [0.5, 0.6) is 17.2 Å². The van der Waals surface area contributed by atoms with Crippen molar-refractivity contribution >= 4 is 17.5 Å². The summed E-state index contributed by atoms with van der Waals surface area (Å²) in [6, 6.07) is 10.5. The molecule has 10 nitrogen and oxygen atoms in total. The van der Waals surface area contributed by atoms with Crippen LogP contribution >= 0.6 is 0 Å². The summed E-state index contributed by atoms with van der Waals surface area (Å²) in [5.74, 6) is 0.241. The van der Waals surface area contributed by atoms with E-state index in [0.29, 0.717) is 12.2 Å². The molecule has 0 fully saturated rings. The van der Waals surface area contributed by atoms with Gasteiger partial charge in [-0.1, -0.05) is 19.1 Å². The largest absolute Gasteiger partial charge is 0.497 e. The van der Waals surface area contributed by atoms with Crippen molar-refractivity contribution in [3.63, 3.8) is 0 Å². The number of methoxy groups -OCH3 is 2. The van der Waals surface area contributed by atoms with Gasteiger partial charge in [-0.25, -0.2) is 0 Å². The molecule has 2 aromatic carbocycles. The van der Waals surface area contributed by atoms with Crippen molar-refractivity contribution in [2.24, 2.45) is 0 Å². The highest BCUT2D eigenvalue weighted by Crippen LogP contribution is 2.30. The summed E-state index contributed by atoms with van der Waals surface area (Å²) in [5.41, 5.74) is 0.608. The topological polar surface area (TPSA) is 120 Å². The van der Waals surface area contributed by atoms with Crippen LogP contribution in [0.2, 0.25) is 0 Å². The minimum atomic E-state index is -0.690. The molecule has 0 radical (unpaired) electrons. The Labute approximate surface area is 186 Å². The van der Waals surface area contributed by atoms with Crippen LogP contribution in [0.4, 0.5) is 5.69 Å². The number of nitrogens with one attached hydrogen (secondary N) is 1. The lowest BCUT2D eigenvalue weighted by molar-refractivity contribution is -0.385. The number of ether oxygens (including phenoxy) is 3. The van der Waals surface area contributed by atoms with Crippen LogP contribution in [0.25, 0.3) is 0 Å². The maximum absolute atomic E-state index is 13.1. The molecule has 0 spiro atoms. The first-order valence-corrected chi connectivity index (χ1v) is 9.93. The third-order valence-corrected chi connectivity index (χ3v) is 4.85. The molecule has 0 aliphatic carbocycles. The number of nitro benzene ring substituents is 1. The summed E-state index contributed by atoms with van der Waals surface area (Å²) in [6.45, 7) is 1.66. The Bertz CT molecular complexity index is 947. The monoisotopic (exact) mass is 445 g/mol. The van der Waals surface area contributed by atoms with Gasteiger partial charge in [0.1, 0.15) is 17.5 Å². The first kappa shape index (κ1) is 24.4. The summed E-state index contributed by atoms with van der Waals surface area (Å²) in [7, 11) is 4.39.